The number of amides is 1. The molecule has 0 aromatic carbocycles. The molecule has 2 atom stereocenters. The quantitative estimate of drug-likeness (QED) is 0.176. The van der Waals surface area contributed by atoms with E-state index in [1.54, 1.807) is 0 Å². The van der Waals surface area contributed by atoms with E-state index >= 15 is 0 Å². The highest BCUT2D eigenvalue weighted by Gasteiger charge is 2.25. The van der Waals surface area contributed by atoms with E-state index in [-0.39, 0.29) is 32.2 Å². The van der Waals surface area contributed by atoms with Crippen molar-refractivity contribution in [2.24, 2.45) is 0 Å². The van der Waals surface area contributed by atoms with Crippen LogP contribution in [-0.4, -0.2) is 67.2 Å². The van der Waals surface area contributed by atoms with Crippen LogP contribution in [0.4, 0.5) is 0 Å². The van der Waals surface area contributed by atoms with Crippen LogP contribution in [0.25, 0.3) is 5.53 Å². The third-order valence-electron chi connectivity index (χ3n) is 2.98. The highest BCUT2D eigenvalue weighted by Crippen LogP contribution is 2.03. The second kappa shape index (κ2) is 12.3. The average Bonchev–Trinajstić information content (AvgIpc) is 2.54. The van der Waals surface area contributed by atoms with E-state index in [0.29, 0.717) is 0 Å². The van der Waals surface area contributed by atoms with Gasteiger partial charge < -0.3 is 25.1 Å². The number of esters is 1. The highest BCUT2D eigenvalue weighted by atomic mass is 16.6. The number of hydrogen-bond acceptors (Lipinski definition) is 6. The molecule has 0 aliphatic carbocycles. The molecule has 0 unspecified atom stereocenters. The highest BCUT2D eigenvalue weighted by molar-refractivity contribution is 6.25. The third-order valence-corrected chi connectivity index (χ3v) is 2.98. The van der Waals surface area contributed by atoms with Crippen LogP contribution in [0, 0.1) is 0 Å². The summed E-state index contributed by atoms with van der Waals surface area (Å²) in [5.41, 5.74) is 8.31. The van der Waals surface area contributed by atoms with Crippen molar-refractivity contribution in [2.45, 2.75) is 51.9 Å². The molecule has 0 fully saturated rings. The zero-order valence-electron chi connectivity index (χ0n) is 14.5. The molecule has 0 heterocycles. The maximum atomic E-state index is 12.1. The zero-order chi connectivity index (χ0) is 18.5. The Morgan fingerprint density at radius 1 is 1.21 bits per heavy atom. The minimum atomic E-state index is -1.01. The maximum absolute atomic E-state index is 12.1. The van der Waals surface area contributed by atoms with Crippen LogP contribution < -0.4 is 5.32 Å². The number of Topliss-reactive ketones (excluding diaryl/α,β-unsaturated/α-hetero) is 1. The van der Waals surface area contributed by atoms with E-state index < -0.39 is 29.8 Å². The van der Waals surface area contributed by atoms with Gasteiger partial charge in [-0.3, -0.25) is 9.59 Å². The SMILES string of the molecule is CO[C@@H](C)C(=O)N[C@@H](CCC(=O)C=[N+]=[N-])C(=O)OCCOC(C)C. The van der Waals surface area contributed by atoms with E-state index in [0.717, 1.165) is 6.21 Å². The predicted molar refractivity (Wildman–Crippen MR) is 84.4 cm³/mol. The Balaban J connectivity index is 4.64. The van der Waals surface area contributed by atoms with E-state index in [1.165, 1.54) is 14.0 Å². The van der Waals surface area contributed by atoms with E-state index in [2.05, 4.69) is 10.1 Å². The molecule has 136 valence electrons. The van der Waals surface area contributed by atoms with Gasteiger partial charge in [-0.15, -0.1) is 0 Å². The van der Waals surface area contributed by atoms with Gasteiger partial charge in [0, 0.05) is 13.5 Å². The van der Waals surface area contributed by atoms with Gasteiger partial charge >= 0.3 is 12.2 Å². The number of methoxy groups -OCH3 is 1. The zero-order valence-corrected chi connectivity index (χ0v) is 14.5. The molecular formula is C15H25N3O6. The van der Waals surface area contributed by atoms with Gasteiger partial charge in [-0.2, -0.15) is 4.79 Å². The molecule has 0 aromatic heterocycles. The Morgan fingerprint density at radius 3 is 2.42 bits per heavy atom. The van der Waals surface area contributed by atoms with Crippen LogP contribution in [0.15, 0.2) is 0 Å². The largest absolute Gasteiger partial charge is 0.462 e. The second-order valence-corrected chi connectivity index (χ2v) is 5.28. The molecule has 9 heteroatoms. The topological polar surface area (TPSA) is 127 Å². The number of nitrogens with zero attached hydrogens (tertiary/aromatic N) is 2. The summed E-state index contributed by atoms with van der Waals surface area (Å²) in [4.78, 5) is 37.9. The molecular weight excluding hydrogens is 318 g/mol. The van der Waals surface area contributed by atoms with Gasteiger partial charge in [0.15, 0.2) is 0 Å². The molecule has 1 N–H and O–H groups in total. The normalized spacial score (nSPS) is 12.9. The van der Waals surface area contributed by atoms with E-state index in [1.807, 2.05) is 13.8 Å². The summed E-state index contributed by atoms with van der Waals surface area (Å²) in [7, 11) is 1.36. The molecule has 9 nitrogen and oxygen atoms in total. The van der Waals surface area contributed by atoms with Crippen molar-refractivity contribution in [1.82, 2.24) is 5.32 Å². The first kappa shape index (κ1) is 21.9. The summed E-state index contributed by atoms with van der Waals surface area (Å²) in [6.45, 7) is 5.50. The van der Waals surface area contributed by atoms with Gasteiger partial charge in [0.05, 0.1) is 12.7 Å². The van der Waals surface area contributed by atoms with Gasteiger partial charge in [-0.25, -0.2) is 4.79 Å². The van der Waals surface area contributed by atoms with Crippen molar-refractivity contribution >= 4 is 23.9 Å². The summed E-state index contributed by atoms with van der Waals surface area (Å²) in [5, 5.41) is 2.48. The van der Waals surface area contributed by atoms with Crippen molar-refractivity contribution < 1.29 is 33.4 Å². The van der Waals surface area contributed by atoms with Crippen molar-refractivity contribution in [3.05, 3.63) is 5.53 Å². The standard InChI is InChI=1S/C15H25N3O6/c1-10(2)23-7-8-24-15(21)13(6-5-12(19)9-17-16)18-14(20)11(3)22-4/h9-11,13H,5-8H2,1-4H3,(H,18,20)/t11-,13-/m0/s1. The van der Waals surface area contributed by atoms with Crippen LogP contribution in [0.5, 0.6) is 0 Å². The first-order valence-electron chi connectivity index (χ1n) is 7.63. The summed E-state index contributed by atoms with van der Waals surface area (Å²) in [5.74, 6) is -1.65. The number of rotatable bonds is 12. The van der Waals surface area contributed by atoms with Crippen LogP contribution in [-0.2, 0) is 28.6 Å². The third kappa shape index (κ3) is 9.83. The molecule has 0 aliphatic rings. The number of carbonyl (C=O) groups is 3. The summed E-state index contributed by atoms with van der Waals surface area (Å²) in [6.07, 6.45) is -0.0833. The average molecular weight is 343 g/mol. The lowest BCUT2D eigenvalue weighted by Crippen LogP contribution is -2.46. The fourth-order valence-electron chi connectivity index (χ4n) is 1.59. The summed E-state index contributed by atoms with van der Waals surface area (Å²) >= 11 is 0. The van der Waals surface area contributed by atoms with Crippen LogP contribution in [0.3, 0.4) is 0 Å². The minimum Gasteiger partial charge on any atom is -0.462 e. The number of nitrogens with one attached hydrogen (secondary N) is 1. The van der Waals surface area contributed by atoms with Gasteiger partial charge in [0.25, 0.3) is 0 Å². The summed E-state index contributed by atoms with van der Waals surface area (Å²) in [6, 6.07) is -1.01. The molecule has 0 radical (unpaired) electrons. The number of hydrogen-bond donors (Lipinski definition) is 1. The maximum Gasteiger partial charge on any atom is 0.328 e. The fraction of sp³-hybridized carbons (Fsp3) is 0.733. The summed E-state index contributed by atoms with van der Waals surface area (Å²) < 4.78 is 15.2. The van der Waals surface area contributed by atoms with Crippen LogP contribution >= 0.6 is 0 Å². The molecule has 0 saturated carbocycles. The Morgan fingerprint density at radius 2 is 1.88 bits per heavy atom. The van der Waals surface area contributed by atoms with Crippen molar-refractivity contribution in [3.8, 4) is 0 Å². The molecule has 0 rings (SSSR count). The van der Waals surface area contributed by atoms with E-state index in [9.17, 15) is 14.4 Å². The number of carbonyl (C=O) groups excluding carboxylic acids is 3. The first-order valence-corrected chi connectivity index (χ1v) is 7.63. The predicted octanol–water partition coefficient (Wildman–Crippen LogP) is 0.124. The fourth-order valence-corrected chi connectivity index (χ4v) is 1.59. The second-order valence-electron chi connectivity index (χ2n) is 5.28. The van der Waals surface area contributed by atoms with Crippen molar-refractivity contribution in [3.63, 3.8) is 0 Å². The molecule has 0 aromatic rings. The minimum absolute atomic E-state index is 0.0108. The lowest BCUT2D eigenvalue weighted by Gasteiger charge is -2.19. The first-order chi connectivity index (χ1) is 11.3. The Bertz CT molecular complexity index is 474. The molecule has 0 bridgehead atoms. The van der Waals surface area contributed by atoms with Crippen LogP contribution in [0.2, 0.25) is 0 Å². The molecule has 0 spiro atoms. The Labute approximate surface area is 141 Å². The lowest BCUT2D eigenvalue weighted by atomic mass is 10.1. The molecule has 24 heavy (non-hydrogen) atoms. The smallest absolute Gasteiger partial charge is 0.328 e. The molecule has 0 saturated heterocycles. The van der Waals surface area contributed by atoms with E-state index in [4.69, 9.17) is 19.7 Å². The van der Waals surface area contributed by atoms with Gasteiger partial charge in [-0.05, 0) is 27.2 Å². The lowest BCUT2D eigenvalue weighted by molar-refractivity contribution is -0.151. The molecule has 1 amide bonds. The van der Waals surface area contributed by atoms with Crippen molar-refractivity contribution in [2.75, 3.05) is 20.3 Å². The van der Waals surface area contributed by atoms with Crippen molar-refractivity contribution in [1.29, 1.82) is 0 Å². The number of ketones is 1. The van der Waals surface area contributed by atoms with Gasteiger partial charge in [0.2, 0.25) is 11.7 Å². The van der Waals surface area contributed by atoms with Gasteiger partial charge in [-0.1, -0.05) is 0 Å². The Kier molecular flexibility index (Phi) is 11.3. The van der Waals surface area contributed by atoms with Gasteiger partial charge in [0.1, 0.15) is 18.8 Å². The monoisotopic (exact) mass is 343 g/mol. The van der Waals surface area contributed by atoms with Crippen LogP contribution in [0.1, 0.15) is 33.6 Å². The number of ether oxygens (including phenoxy) is 3. The Hall–Kier alpha value is -2.09. The molecule has 0 aliphatic heterocycles.